The van der Waals surface area contributed by atoms with Crippen LogP contribution in [0.1, 0.15) is 38.5 Å². The first-order valence-corrected chi connectivity index (χ1v) is 10.1. The van der Waals surface area contributed by atoms with Gasteiger partial charge in [0.15, 0.2) is 5.96 Å². The molecule has 0 aliphatic carbocycles. The number of nitrogens with zero attached hydrogens (tertiary/aromatic N) is 2. The van der Waals surface area contributed by atoms with Crippen molar-refractivity contribution in [3.63, 3.8) is 0 Å². The molecule has 1 aromatic rings. The highest BCUT2D eigenvalue weighted by Gasteiger charge is 2.45. The number of rotatable bonds is 9. The Hall–Kier alpha value is -2.09. The molecule has 0 saturated carbocycles. The summed E-state index contributed by atoms with van der Waals surface area (Å²) in [7, 11) is 0. The molecule has 1 fully saturated rings. The van der Waals surface area contributed by atoms with Crippen LogP contribution in [-0.4, -0.2) is 54.5 Å². The van der Waals surface area contributed by atoms with Crippen LogP contribution in [0, 0.1) is 0 Å². The number of guanidine groups is 1. The van der Waals surface area contributed by atoms with Crippen molar-refractivity contribution >= 4 is 29.2 Å². The summed E-state index contributed by atoms with van der Waals surface area (Å²) in [4.78, 5) is 31.5. The quantitative estimate of drug-likeness (QED) is 0.265. The van der Waals surface area contributed by atoms with Crippen LogP contribution in [0.3, 0.4) is 0 Å². The molecule has 0 bridgehead atoms. The van der Waals surface area contributed by atoms with Gasteiger partial charge in [-0.15, -0.1) is 11.3 Å². The van der Waals surface area contributed by atoms with E-state index in [0.29, 0.717) is 25.9 Å². The van der Waals surface area contributed by atoms with Crippen LogP contribution >= 0.6 is 11.3 Å². The number of imide groups is 1. The normalized spacial score (nSPS) is 20.4. The highest BCUT2D eigenvalue weighted by molar-refractivity contribution is 7.09. The third kappa shape index (κ3) is 5.20. The molecule has 1 atom stereocenters. The van der Waals surface area contributed by atoms with Gasteiger partial charge >= 0.3 is 6.03 Å². The first-order chi connectivity index (χ1) is 12.5. The Kier molecular flexibility index (Phi) is 7.44. The summed E-state index contributed by atoms with van der Waals surface area (Å²) in [5, 5.41) is 11.4. The molecule has 0 spiro atoms. The maximum Gasteiger partial charge on any atom is 0.325 e. The second kappa shape index (κ2) is 9.56. The average Bonchev–Trinajstić information content (AvgIpc) is 3.20. The van der Waals surface area contributed by atoms with Crippen molar-refractivity contribution in [3.8, 4) is 0 Å². The lowest BCUT2D eigenvalue weighted by atomic mass is 9.99. The van der Waals surface area contributed by atoms with Crippen LogP contribution in [0.25, 0.3) is 0 Å². The van der Waals surface area contributed by atoms with Gasteiger partial charge in [-0.25, -0.2) is 4.79 Å². The number of carbonyl (C=O) groups is 2. The third-order valence-corrected chi connectivity index (χ3v) is 5.39. The van der Waals surface area contributed by atoms with Crippen LogP contribution in [0.4, 0.5) is 4.79 Å². The van der Waals surface area contributed by atoms with Crippen LogP contribution < -0.4 is 16.0 Å². The number of urea groups is 1. The van der Waals surface area contributed by atoms with Crippen LogP contribution in [-0.2, 0) is 11.2 Å². The molecular weight excluding hydrogens is 350 g/mol. The minimum absolute atomic E-state index is 0.144. The van der Waals surface area contributed by atoms with E-state index in [4.69, 9.17) is 0 Å². The summed E-state index contributed by atoms with van der Waals surface area (Å²) in [5.41, 5.74) is -0.765. The topological polar surface area (TPSA) is 85.8 Å². The second-order valence-electron chi connectivity index (χ2n) is 6.44. The molecule has 7 nitrogen and oxygen atoms in total. The summed E-state index contributed by atoms with van der Waals surface area (Å²) in [6.45, 7) is 8.23. The molecule has 2 heterocycles. The lowest BCUT2D eigenvalue weighted by Gasteiger charge is -2.19. The van der Waals surface area contributed by atoms with Gasteiger partial charge in [-0.3, -0.25) is 14.7 Å². The molecule has 1 unspecified atom stereocenters. The van der Waals surface area contributed by atoms with Crippen LogP contribution in [0.15, 0.2) is 22.5 Å². The zero-order valence-electron chi connectivity index (χ0n) is 15.8. The fourth-order valence-electron chi connectivity index (χ4n) is 2.71. The number of carbonyl (C=O) groups excluding carboxylic acids is 2. The Labute approximate surface area is 159 Å². The van der Waals surface area contributed by atoms with E-state index in [9.17, 15) is 9.59 Å². The van der Waals surface area contributed by atoms with E-state index in [1.54, 1.807) is 18.3 Å². The predicted octanol–water partition coefficient (Wildman–Crippen LogP) is 1.96. The van der Waals surface area contributed by atoms with E-state index in [1.165, 1.54) is 9.78 Å². The number of nitrogens with one attached hydrogen (secondary N) is 3. The molecule has 0 aromatic carbocycles. The SMILES string of the molecule is CCNC(=NCCCN1C(=O)NC(C)(CC)C1=O)NCCc1cccs1. The lowest BCUT2D eigenvalue weighted by Crippen LogP contribution is -2.43. The van der Waals surface area contributed by atoms with Gasteiger partial charge in [-0.05, 0) is 44.6 Å². The van der Waals surface area contributed by atoms with Crippen molar-refractivity contribution in [3.05, 3.63) is 22.4 Å². The van der Waals surface area contributed by atoms with Crippen molar-refractivity contribution < 1.29 is 9.59 Å². The molecule has 0 radical (unpaired) electrons. The van der Waals surface area contributed by atoms with Gasteiger partial charge in [0.05, 0.1) is 0 Å². The molecule has 1 aliphatic rings. The highest BCUT2D eigenvalue weighted by Crippen LogP contribution is 2.20. The average molecular weight is 380 g/mol. The number of thiophene rings is 1. The minimum Gasteiger partial charge on any atom is -0.357 e. The zero-order valence-corrected chi connectivity index (χ0v) is 16.6. The van der Waals surface area contributed by atoms with Crippen molar-refractivity contribution in [2.24, 2.45) is 4.99 Å². The monoisotopic (exact) mass is 379 g/mol. The molecule has 3 amide bonds. The van der Waals surface area contributed by atoms with Gasteiger partial charge in [0.2, 0.25) is 0 Å². The van der Waals surface area contributed by atoms with E-state index in [1.807, 2.05) is 13.8 Å². The van der Waals surface area contributed by atoms with Gasteiger partial charge in [0, 0.05) is 31.1 Å². The molecule has 1 aromatic heterocycles. The summed E-state index contributed by atoms with van der Waals surface area (Å²) in [6, 6.07) is 3.88. The van der Waals surface area contributed by atoms with E-state index in [-0.39, 0.29) is 11.9 Å². The largest absolute Gasteiger partial charge is 0.357 e. The number of aliphatic imine (C=N–C) groups is 1. The molecule has 144 valence electrons. The Balaban J connectivity index is 1.77. The molecule has 1 aliphatic heterocycles. The zero-order chi connectivity index (χ0) is 19.0. The van der Waals surface area contributed by atoms with Crippen molar-refractivity contribution in [2.75, 3.05) is 26.2 Å². The predicted molar refractivity (Wildman–Crippen MR) is 106 cm³/mol. The van der Waals surface area contributed by atoms with Gasteiger partial charge in [-0.2, -0.15) is 0 Å². The fourth-order valence-corrected chi connectivity index (χ4v) is 3.42. The standard InChI is InChI=1S/C18H29N5O2S/c1-4-18(3)15(24)23(17(25)22-18)12-7-10-20-16(19-5-2)21-11-9-14-8-6-13-26-14/h6,8,13H,4-5,7,9-12H2,1-3H3,(H,22,25)(H2,19,20,21). The van der Waals surface area contributed by atoms with Gasteiger partial charge in [0.1, 0.15) is 5.54 Å². The summed E-state index contributed by atoms with van der Waals surface area (Å²) in [5.74, 6) is 0.620. The van der Waals surface area contributed by atoms with Crippen molar-refractivity contribution in [1.82, 2.24) is 20.9 Å². The Bertz CT molecular complexity index is 632. The summed E-state index contributed by atoms with van der Waals surface area (Å²) < 4.78 is 0. The summed E-state index contributed by atoms with van der Waals surface area (Å²) >= 11 is 1.75. The van der Waals surface area contributed by atoms with Crippen LogP contribution in [0.2, 0.25) is 0 Å². The minimum atomic E-state index is -0.765. The maximum absolute atomic E-state index is 12.3. The van der Waals surface area contributed by atoms with E-state index in [0.717, 1.165) is 25.5 Å². The van der Waals surface area contributed by atoms with Gasteiger partial charge in [-0.1, -0.05) is 13.0 Å². The smallest absolute Gasteiger partial charge is 0.325 e. The Morgan fingerprint density at radius 3 is 2.77 bits per heavy atom. The molecule has 8 heteroatoms. The molecule has 3 N–H and O–H groups in total. The Morgan fingerprint density at radius 2 is 2.15 bits per heavy atom. The fraction of sp³-hybridized carbons (Fsp3) is 0.611. The first kappa shape index (κ1) is 20.2. The summed E-state index contributed by atoms with van der Waals surface area (Å²) in [6.07, 6.45) is 2.19. The van der Waals surface area contributed by atoms with Crippen molar-refractivity contribution in [1.29, 1.82) is 0 Å². The van der Waals surface area contributed by atoms with E-state index >= 15 is 0 Å². The molecule has 1 saturated heterocycles. The Morgan fingerprint density at radius 1 is 1.35 bits per heavy atom. The molecule has 26 heavy (non-hydrogen) atoms. The third-order valence-electron chi connectivity index (χ3n) is 4.45. The highest BCUT2D eigenvalue weighted by atomic mass is 32.1. The number of hydrogen-bond acceptors (Lipinski definition) is 4. The maximum atomic E-state index is 12.3. The molecule has 2 rings (SSSR count). The van der Waals surface area contributed by atoms with Crippen molar-refractivity contribution in [2.45, 2.75) is 45.6 Å². The molecular formula is C18H29N5O2S. The second-order valence-corrected chi connectivity index (χ2v) is 7.48. The number of amides is 3. The van der Waals surface area contributed by atoms with Gasteiger partial charge in [0.25, 0.3) is 5.91 Å². The van der Waals surface area contributed by atoms with E-state index < -0.39 is 5.54 Å². The first-order valence-electron chi connectivity index (χ1n) is 9.19. The van der Waals surface area contributed by atoms with Gasteiger partial charge < -0.3 is 16.0 Å². The van der Waals surface area contributed by atoms with E-state index in [2.05, 4.69) is 38.5 Å². The lowest BCUT2D eigenvalue weighted by molar-refractivity contribution is -0.130. The number of hydrogen-bond donors (Lipinski definition) is 3. The van der Waals surface area contributed by atoms with Crippen LogP contribution in [0.5, 0.6) is 0 Å².